The Morgan fingerprint density at radius 2 is 1.84 bits per heavy atom. The first-order valence-electron chi connectivity index (χ1n) is 9.32. The predicted molar refractivity (Wildman–Crippen MR) is 121 cm³/mol. The van der Waals surface area contributed by atoms with Crippen LogP contribution in [0.25, 0.3) is 17.4 Å². The van der Waals surface area contributed by atoms with Crippen molar-refractivity contribution in [3.63, 3.8) is 0 Å². The van der Waals surface area contributed by atoms with E-state index in [1.807, 2.05) is 18.2 Å². The molecule has 3 aromatic rings. The lowest BCUT2D eigenvalue weighted by Gasteiger charge is -2.23. The molecule has 0 bridgehead atoms. The Labute approximate surface area is 187 Å². The minimum absolute atomic E-state index is 0.133. The van der Waals surface area contributed by atoms with Crippen LogP contribution in [0, 0.1) is 5.82 Å². The smallest absolute Gasteiger partial charge is 0.327 e. The summed E-state index contributed by atoms with van der Waals surface area (Å²) in [5.74, 6) is -1.38. The van der Waals surface area contributed by atoms with Crippen molar-refractivity contribution >= 4 is 46.3 Å². The van der Waals surface area contributed by atoms with Crippen LogP contribution in [0.1, 0.15) is 11.3 Å². The van der Waals surface area contributed by atoms with Gasteiger partial charge in [0.05, 0.1) is 10.5 Å². The van der Waals surface area contributed by atoms with Gasteiger partial charge in [0, 0.05) is 12.5 Å². The number of nitrogens with zero attached hydrogens (tertiary/aromatic N) is 1. The molecule has 1 unspecified atom stereocenters. The van der Waals surface area contributed by atoms with Gasteiger partial charge in [0.15, 0.2) is 0 Å². The van der Waals surface area contributed by atoms with E-state index in [2.05, 4.69) is 0 Å². The summed E-state index contributed by atoms with van der Waals surface area (Å²) >= 11 is 6.32. The van der Waals surface area contributed by atoms with Gasteiger partial charge in [-0.25, -0.2) is 9.18 Å². The van der Waals surface area contributed by atoms with Gasteiger partial charge in [-0.15, -0.1) is 0 Å². The third kappa shape index (κ3) is 4.45. The van der Waals surface area contributed by atoms with Gasteiger partial charge >= 0.3 is 5.97 Å². The minimum atomic E-state index is -1.14. The van der Waals surface area contributed by atoms with Crippen molar-refractivity contribution < 1.29 is 23.5 Å². The zero-order valence-corrected chi connectivity index (χ0v) is 17.7. The van der Waals surface area contributed by atoms with E-state index in [1.54, 1.807) is 42.5 Å². The first-order valence-corrected chi connectivity index (χ1v) is 10.5. The lowest BCUT2D eigenvalue weighted by Crippen LogP contribution is -2.45. The van der Waals surface area contributed by atoms with Gasteiger partial charge in [0.25, 0.3) is 5.91 Å². The monoisotopic (exact) mass is 453 g/mol. The van der Waals surface area contributed by atoms with Gasteiger partial charge in [-0.1, -0.05) is 66.4 Å². The first kappa shape index (κ1) is 21.0. The lowest BCUT2D eigenvalue weighted by atomic mass is 10.0. The van der Waals surface area contributed by atoms with E-state index in [-0.39, 0.29) is 15.6 Å². The van der Waals surface area contributed by atoms with Gasteiger partial charge in [0.1, 0.15) is 27.7 Å². The quantitative estimate of drug-likeness (QED) is 0.419. The van der Waals surface area contributed by atoms with Crippen LogP contribution in [0.4, 0.5) is 4.39 Å². The summed E-state index contributed by atoms with van der Waals surface area (Å²) in [4.78, 5) is 26.3. The third-order valence-corrected chi connectivity index (χ3v) is 6.06. The van der Waals surface area contributed by atoms with Gasteiger partial charge in [-0.2, -0.15) is 0 Å². The van der Waals surface area contributed by atoms with Crippen molar-refractivity contribution in [1.82, 2.24) is 4.90 Å². The van der Waals surface area contributed by atoms with Crippen LogP contribution >= 0.6 is 24.0 Å². The number of furan rings is 1. The molecule has 1 aromatic heterocycles. The number of amides is 1. The molecule has 1 saturated heterocycles. The molecule has 1 aliphatic heterocycles. The number of carboxylic acids is 1. The number of hydrogen-bond acceptors (Lipinski definition) is 5. The highest BCUT2D eigenvalue weighted by Crippen LogP contribution is 2.35. The molecule has 2 heterocycles. The fourth-order valence-electron chi connectivity index (χ4n) is 3.24. The zero-order chi connectivity index (χ0) is 22.0. The van der Waals surface area contributed by atoms with Crippen molar-refractivity contribution in [2.24, 2.45) is 0 Å². The lowest BCUT2D eigenvalue weighted by molar-refractivity contribution is -0.145. The molecule has 0 aliphatic carbocycles. The number of carbonyl (C=O) groups excluding carboxylic acids is 1. The molecule has 1 aliphatic rings. The number of carbonyl (C=O) groups is 2. The van der Waals surface area contributed by atoms with E-state index >= 15 is 0 Å². The Kier molecular flexibility index (Phi) is 6.01. The topological polar surface area (TPSA) is 70.8 Å². The van der Waals surface area contributed by atoms with Gasteiger partial charge in [-0.05, 0) is 29.8 Å². The predicted octanol–water partition coefficient (Wildman–Crippen LogP) is 4.98. The molecule has 156 valence electrons. The van der Waals surface area contributed by atoms with Crippen LogP contribution in [0.15, 0.2) is 76.1 Å². The second kappa shape index (κ2) is 8.87. The normalized spacial score (nSPS) is 16.2. The van der Waals surface area contributed by atoms with E-state index in [9.17, 15) is 19.1 Å². The van der Waals surface area contributed by atoms with Crippen molar-refractivity contribution in [1.29, 1.82) is 0 Å². The maximum atomic E-state index is 14.0. The summed E-state index contributed by atoms with van der Waals surface area (Å²) in [5, 5.41) is 9.73. The van der Waals surface area contributed by atoms with Crippen LogP contribution in [0.2, 0.25) is 0 Å². The molecule has 1 atom stereocenters. The molecule has 8 heteroatoms. The average Bonchev–Trinajstić information content (AvgIpc) is 3.32. The Balaban J connectivity index is 1.58. The van der Waals surface area contributed by atoms with E-state index in [4.69, 9.17) is 16.6 Å². The third-order valence-electron chi connectivity index (χ3n) is 4.73. The fraction of sp³-hybridized carbons (Fsp3) is 0.0870. The second-order valence-electron chi connectivity index (χ2n) is 6.78. The summed E-state index contributed by atoms with van der Waals surface area (Å²) in [6, 6.07) is 17.4. The molecular formula is C23H16FNO4S2. The summed E-state index contributed by atoms with van der Waals surface area (Å²) < 4.78 is 19.8. The van der Waals surface area contributed by atoms with Gasteiger partial charge in [0.2, 0.25) is 0 Å². The summed E-state index contributed by atoms with van der Waals surface area (Å²) in [5.41, 5.74) is 1.09. The number of aliphatic carboxylic acids is 1. The Morgan fingerprint density at radius 3 is 2.55 bits per heavy atom. The number of thiocarbonyl (C=S) groups is 1. The van der Waals surface area contributed by atoms with Crippen molar-refractivity contribution in [3.8, 4) is 11.3 Å². The average molecular weight is 454 g/mol. The molecule has 0 saturated carbocycles. The maximum absolute atomic E-state index is 14.0. The molecule has 4 rings (SSSR count). The maximum Gasteiger partial charge on any atom is 0.327 e. The highest BCUT2D eigenvalue weighted by molar-refractivity contribution is 8.26. The standard InChI is InChI=1S/C23H16FNO4S2/c24-17-9-5-4-8-16(17)19-11-10-15(29-19)13-20-21(26)25(23(30)31-20)18(22(27)28)12-14-6-2-1-3-7-14/h1-11,13,18H,12H2,(H,27,28)/b20-13+. The Bertz CT molecular complexity index is 1190. The fourth-order valence-corrected chi connectivity index (χ4v) is 4.58. The SMILES string of the molecule is O=C(O)C(Cc1ccccc1)N1C(=O)/C(=C\c2ccc(-c3ccccc3F)o2)SC1=S. The second-order valence-corrected chi connectivity index (χ2v) is 8.45. The number of benzene rings is 2. The molecular weight excluding hydrogens is 437 g/mol. The van der Waals surface area contributed by atoms with Crippen LogP contribution in [0.3, 0.4) is 0 Å². The Hall–Kier alpha value is -3.23. The summed E-state index contributed by atoms with van der Waals surface area (Å²) in [6.45, 7) is 0. The van der Waals surface area contributed by atoms with Crippen molar-refractivity contribution in [2.75, 3.05) is 0 Å². The van der Waals surface area contributed by atoms with Crippen LogP contribution in [-0.4, -0.2) is 32.2 Å². The number of halogens is 1. The molecule has 31 heavy (non-hydrogen) atoms. The van der Waals surface area contributed by atoms with Gasteiger partial charge < -0.3 is 9.52 Å². The van der Waals surface area contributed by atoms with Crippen molar-refractivity contribution in [3.05, 3.63) is 88.8 Å². The largest absolute Gasteiger partial charge is 0.480 e. The van der Waals surface area contributed by atoms with E-state index < -0.39 is 23.7 Å². The van der Waals surface area contributed by atoms with E-state index in [0.717, 1.165) is 22.2 Å². The number of thioether (sulfide) groups is 1. The summed E-state index contributed by atoms with van der Waals surface area (Å²) in [6.07, 6.45) is 1.62. The first-order chi connectivity index (χ1) is 14.9. The number of carboxylic acid groups (broad SMARTS) is 1. The van der Waals surface area contributed by atoms with E-state index in [0.29, 0.717) is 17.1 Å². The molecule has 2 aromatic carbocycles. The molecule has 1 N–H and O–H groups in total. The number of hydrogen-bond donors (Lipinski definition) is 1. The molecule has 5 nitrogen and oxygen atoms in total. The minimum Gasteiger partial charge on any atom is -0.480 e. The highest BCUT2D eigenvalue weighted by Gasteiger charge is 2.40. The Morgan fingerprint density at radius 1 is 1.13 bits per heavy atom. The van der Waals surface area contributed by atoms with Crippen molar-refractivity contribution in [2.45, 2.75) is 12.5 Å². The molecule has 1 fully saturated rings. The highest BCUT2D eigenvalue weighted by atomic mass is 32.2. The number of rotatable bonds is 6. The van der Waals surface area contributed by atoms with Crippen LogP contribution in [-0.2, 0) is 16.0 Å². The molecule has 0 radical (unpaired) electrons. The zero-order valence-electron chi connectivity index (χ0n) is 16.0. The van der Waals surface area contributed by atoms with E-state index in [1.165, 1.54) is 12.1 Å². The summed E-state index contributed by atoms with van der Waals surface area (Å²) in [7, 11) is 0. The van der Waals surface area contributed by atoms with Gasteiger partial charge in [-0.3, -0.25) is 9.69 Å². The molecule has 0 spiro atoms. The van der Waals surface area contributed by atoms with Crippen LogP contribution < -0.4 is 0 Å². The van der Waals surface area contributed by atoms with Crippen LogP contribution in [0.5, 0.6) is 0 Å². The molecule has 1 amide bonds.